The molecule has 5 nitrogen and oxygen atoms in total. The van der Waals surface area contributed by atoms with Gasteiger partial charge in [-0.1, -0.05) is 0 Å². The lowest BCUT2D eigenvalue weighted by Crippen LogP contribution is -2.17. The van der Waals surface area contributed by atoms with Crippen LogP contribution < -0.4 is 10.2 Å². The minimum Gasteiger partial charge on any atom is -0.503 e. The first-order valence-corrected chi connectivity index (χ1v) is 8.45. The number of phenolic OH excluding ortho intramolecular Hbond substituents is 1. The summed E-state index contributed by atoms with van der Waals surface area (Å²) in [7, 11) is 0. The SMILES string of the molecule is CCOc1cc(C=NNC(=O)c2ccc(F)cc2)c(Br)c(Br)c1O. The van der Waals surface area contributed by atoms with Gasteiger partial charge in [0.05, 0.1) is 17.3 Å². The zero-order chi connectivity index (χ0) is 17.7. The van der Waals surface area contributed by atoms with Crippen LogP contribution in [0.15, 0.2) is 44.4 Å². The van der Waals surface area contributed by atoms with E-state index >= 15 is 0 Å². The van der Waals surface area contributed by atoms with Crippen LogP contribution in [0, 0.1) is 5.82 Å². The second-order valence-corrected chi connectivity index (χ2v) is 6.17. The Bertz CT molecular complexity index is 780. The largest absolute Gasteiger partial charge is 0.503 e. The van der Waals surface area contributed by atoms with Crippen LogP contribution in [0.25, 0.3) is 0 Å². The first-order valence-electron chi connectivity index (χ1n) is 6.86. The second-order valence-electron chi connectivity index (χ2n) is 4.58. The predicted octanol–water partition coefficient (Wildman–Crippen LogP) is 4.22. The van der Waals surface area contributed by atoms with Gasteiger partial charge in [0.2, 0.25) is 0 Å². The minimum absolute atomic E-state index is 0.0313. The van der Waals surface area contributed by atoms with Crippen LogP contribution in [0.3, 0.4) is 0 Å². The third kappa shape index (κ3) is 4.33. The smallest absolute Gasteiger partial charge is 0.271 e. The summed E-state index contributed by atoms with van der Waals surface area (Å²) >= 11 is 6.58. The molecular formula is C16H13Br2FN2O3. The molecule has 126 valence electrons. The molecule has 2 N–H and O–H groups in total. The molecule has 0 atom stereocenters. The number of nitrogens with one attached hydrogen (secondary N) is 1. The van der Waals surface area contributed by atoms with Gasteiger partial charge in [-0.25, -0.2) is 9.82 Å². The van der Waals surface area contributed by atoms with Gasteiger partial charge in [0.25, 0.3) is 5.91 Å². The Morgan fingerprint density at radius 3 is 2.62 bits per heavy atom. The number of phenols is 1. The molecule has 0 bridgehead atoms. The van der Waals surface area contributed by atoms with E-state index in [0.717, 1.165) is 0 Å². The summed E-state index contributed by atoms with van der Waals surface area (Å²) in [5.74, 6) is -0.628. The third-order valence-electron chi connectivity index (χ3n) is 2.95. The molecule has 2 aromatic carbocycles. The molecule has 0 saturated carbocycles. The highest BCUT2D eigenvalue weighted by Gasteiger charge is 2.14. The van der Waals surface area contributed by atoms with E-state index in [9.17, 15) is 14.3 Å². The Labute approximate surface area is 154 Å². The fourth-order valence-electron chi connectivity index (χ4n) is 1.80. The van der Waals surface area contributed by atoms with Gasteiger partial charge in [0.1, 0.15) is 5.82 Å². The van der Waals surface area contributed by atoms with E-state index in [1.165, 1.54) is 30.5 Å². The van der Waals surface area contributed by atoms with E-state index < -0.39 is 11.7 Å². The summed E-state index contributed by atoms with van der Waals surface area (Å²) in [4.78, 5) is 11.9. The Balaban J connectivity index is 2.16. The van der Waals surface area contributed by atoms with Gasteiger partial charge in [0.15, 0.2) is 11.5 Å². The lowest BCUT2D eigenvalue weighted by Gasteiger charge is -2.10. The van der Waals surface area contributed by atoms with Crippen molar-refractivity contribution >= 4 is 44.0 Å². The maximum Gasteiger partial charge on any atom is 0.271 e. The molecule has 0 aliphatic carbocycles. The number of hydrogen-bond donors (Lipinski definition) is 2. The van der Waals surface area contributed by atoms with Crippen molar-refractivity contribution in [3.8, 4) is 11.5 Å². The number of aromatic hydroxyl groups is 1. The van der Waals surface area contributed by atoms with Crippen LogP contribution >= 0.6 is 31.9 Å². The van der Waals surface area contributed by atoms with E-state index in [1.807, 2.05) is 0 Å². The van der Waals surface area contributed by atoms with Gasteiger partial charge >= 0.3 is 0 Å². The summed E-state index contributed by atoms with van der Waals surface area (Å²) in [6.07, 6.45) is 1.40. The van der Waals surface area contributed by atoms with Crippen molar-refractivity contribution in [2.24, 2.45) is 5.10 Å². The average Bonchev–Trinajstić information content (AvgIpc) is 2.57. The lowest BCUT2D eigenvalue weighted by molar-refractivity contribution is 0.0955. The number of hydrazone groups is 1. The highest BCUT2D eigenvalue weighted by atomic mass is 79.9. The normalized spacial score (nSPS) is 10.8. The minimum atomic E-state index is -0.467. The Hall–Kier alpha value is -1.93. The van der Waals surface area contributed by atoms with Crippen LogP contribution in [0.2, 0.25) is 0 Å². The zero-order valence-electron chi connectivity index (χ0n) is 12.5. The maximum absolute atomic E-state index is 12.8. The molecule has 0 aliphatic heterocycles. The van der Waals surface area contributed by atoms with Crippen molar-refractivity contribution in [1.29, 1.82) is 0 Å². The van der Waals surface area contributed by atoms with Gasteiger partial charge < -0.3 is 9.84 Å². The fourth-order valence-corrected chi connectivity index (χ4v) is 2.63. The molecule has 0 fully saturated rings. The van der Waals surface area contributed by atoms with Crippen molar-refractivity contribution in [3.05, 3.63) is 56.2 Å². The van der Waals surface area contributed by atoms with Crippen molar-refractivity contribution in [3.63, 3.8) is 0 Å². The number of carbonyl (C=O) groups is 1. The van der Waals surface area contributed by atoms with Crippen molar-refractivity contribution in [2.45, 2.75) is 6.92 Å². The van der Waals surface area contributed by atoms with Crippen LogP contribution in [0.1, 0.15) is 22.8 Å². The molecule has 1 amide bonds. The zero-order valence-corrected chi connectivity index (χ0v) is 15.7. The van der Waals surface area contributed by atoms with Crippen molar-refractivity contribution in [2.75, 3.05) is 6.61 Å². The van der Waals surface area contributed by atoms with Crippen LogP contribution in [0.5, 0.6) is 11.5 Å². The summed E-state index contributed by atoms with van der Waals surface area (Å²) in [6, 6.07) is 6.70. The van der Waals surface area contributed by atoms with E-state index in [0.29, 0.717) is 26.9 Å². The number of carbonyl (C=O) groups excluding carboxylic acids is 1. The fraction of sp³-hybridized carbons (Fsp3) is 0.125. The molecule has 24 heavy (non-hydrogen) atoms. The predicted molar refractivity (Wildman–Crippen MR) is 96.1 cm³/mol. The Morgan fingerprint density at radius 1 is 1.33 bits per heavy atom. The number of ether oxygens (including phenoxy) is 1. The van der Waals surface area contributed by atoms with Gasteiger partial charge in [0, 0.05) is 15.6 Å². The van der Waals surface area contributed by atoms with Gasteiger partial charge in [-0.15, -0.1) is 0 Å². The molecule has 8 heteroatoms. The van der Waals surface area contributed by atoms with E-state index in [2.05, 4.69) is 42.4 Å². The average molecular weight is 460 g/mol. The van der Waals surface area contributed by atoms with Crippen molar-refractivity contribution < 1.29 is 19.0 Å². The molecule has 0 radical (unpaired) electrons. The summed E-state index contributed by atoms with van der Waals surface area (Å²) < 4.78 is 19.1. The first kappa shape index (κ1) is 18.4. The Morgan fingerprint density at radius 2 is 2.00 bits per heavy atom. The second kappa shape index (κ2) is 8.25. The molecule has 0 unspecified atom stereocenters. The highest BCUT2D eigenvalue weighted by Crippen LogP contribution is 2.41. The number of benzene rings is 2. The summed E-state index contributed by atoms with van der Waals surface area (Å²) in [5, 5.41) is 13.8. The number of rotatable bonds is 5. The molecule has 0 spiro atoms. The number of hydrogen-bond acceptors (Lipinski definition) is 4. The van der Waals surface area contributed by atoms with E-state index in [4.69, 9.17) is 4.74 Å². The van der Waals surface area contributed by atoms with Gasteiger partial charge in [-0.2, -0.15) is 5.10 Å². The number of halogens is 3. The molecule has 2 rings (SSSR count). The van der Waals surface area contributed by atoms with Crippen LogP contribution in [-0.4, -0.2) is 23.8 Å². The van der Waals surface area contributed by atoms with Crippen LogP contribution in [-0.2, 0) is 0 Å². The van der Waals surface area contributed by atoms with E-state index in [1.54, 1.807) is 13.0 Å². The molecule has 0 aliphatic rings. The van der Waals surface area contributed by atoms with E-state index in [-0.39, 0.29) is 11.3 Å². The topological polar surface area (TPSA) is 70.9 Å². The molecule has 0 saturated heterocycles. The molecular weight excluding hydrogens is 447 g/mol. The molecule has 0 aromatic heterocycles. The highest BCUT2D eigenvalue weighted by molar-refractivity contribution is 9.13. The standard InChI is InChI=1S/C16H13Br2FN2O3/c1-2-24-12-7-10(13(17)14(18)15(12)22)8-20-21-16(23)9-3-5-11(19)6-4-9/h3-8,22H,2H2,1H3,(H,21,23). The van der Waals surface area contributed by atoms with Gasteiger partial charge in [-0.05, 0) is 69.1 Å². The summed E-state index contributed by atoms with van der Waals surface area (Å²) in [5.41, 5.74) is 3.22. The lowest BCUT2D eigenvalue weighted by atomic mass is 10.2. The Kier molecular flexibility index (Phi) is 6.33. The first-order chi connectivity index (χ1) is 11.4. The quantitative estimate of drug-likeness (QED) is 0.519. The van der Waals surface area contributed by atoms with Gasteiger partial charge in [-0.3, -0.25) is 4.79 Å². The van der Waals surface area contributed by atoms with Crippen molar-refractivity contribution in [1.82, 2.24) is 5.43 Å². The summed E-state index contributed by atoms with van der Waals surface area (Å²) in [6.45, 7) is 2.19. The molecule has 0 heterocycles. The number of nitrogens with zero attached hydrogens (tertiary/aromatic N) is 1. The maximum atomic E-state index is 12.8. The molecule has 2 aromatic rings. The third-order valence-corrected chi connectivity index (χ3v) is 5.11. The number of amides is 1. The monoisotopic (exact) mass is 458 g/mol. The van der Waals surface area contributed by atoms with Crippen LogP contribution in [0.4, 0.5) is 4.39 Å².